The van der Waals surface area contributed by atoms with Crippen molar-refractivity contribution in [2.75, 3.05) is 0 Å². The Labute approximate surface area is 134 Å². The van der Waals surface area contributed by atoms with Crippen molar-refractivity contribution in [3.63, 3.8) is 0 Å². The Morgan fingerprint density at radius 1 is 1.39 bits per heavy atom. The van der Waals surface area contributed by atoms with Crippen molar-refractivity contribution in [2.24, 2.45) is 12.5 Å². The van der Waals surface area contributed by atoms with Crippen LogP contribution in [0, 0.1) is 19.3 Å². The van der Waals surface area contributed by atoms with Crippen LogP contribution in [0.4, 0.5) is 0 Å². The standard InChI is InChI=1S/C17H22N2O4/c1-8-9(2)19(4)10-6-5-7-17(3)13(11(8)10)18-15(21)12(14(17)20)16(22)23/h13,20H,5-7H2,1-4H3,(H,18,21)(H,22,23). The molecule has 2 atom stereocenters. The molecule has 0 saturated heterocycles. The second-order valence-corrected chi connectivity index (χ2v) is 6.84. The molecule has 0 spiro atoms. The van der Waals surface area contributed by atoms with E-state index in [9.17, 15) is 19.8 Å². The van der Waals surface area contributed by atoms with Gasteiger partial charge in [-0.05, 0) is 44.2 Å². The minimum Gasteiger partial charge on any atom is -0.511 e. The quantitative estimate of drug-likeness (QED) is 0.691. The number of fused-ring (bicyclic) bond motifs is 3. The normalized spacial score (nSPS) is 27.1. The number of aliphatic hydroxyl groups is 1. The number of nitrogens with zero attached hydrogens (tertiary/aromatic N) is 1. The molecule has 0 fully saturated rings. The predicted octanol–water partition coefficient (Wildman–Crippen LogP) is 2.05. The number of amides is 1. The van der Waals surface area contributed by atoms with Crippen molar-refractivity contribution in [3.8, 4) is 0 Å². The smallest absolute Gasteiger partial charge is 0.344 e. The molecule has 2 unspecified atom stereocenters. The maximum absolute atomic E-state index is 12.3. The maximum Gasteiger partial charge on any atom is 0.344 e. The summed E-state index contributed by atoms with van der Waals surface area (Å²) in [5.74, 6) is -2.40. The Morgan fingerprint density at radius 3 is 2.65 bits per heavy atom. The van der Waals surface area contributed by atoms with Gasteiger partial charge in [-0.3, -0.25) is 4.79 Å². The zero-order valence-corrected chi connectivity index (χ0v) is 13.9. The van der Waals surface area contributed by atoms with E-state index in [-0.39, 0.29) is 5.76 Å². The molecule has 6 nitrogen and oxygen atoms in total. The summed E-state index contributed by atoms with van der Waals surface area (Å²) in [5.41, 5.74) is 3.06. The third kappa shape index (κ3) is 1.93. The lowest BCUT2D eigenvalue weighted by Crippen LogP contribution is -2.48. The molecule has 23 heavy (non-hydrogen) atoms. The summed E-state index contributed by atoms with van der Waals surface area (Å²) in [5, 5.41) is 22.7. The topological polar surface area (TPSA) is 91.6 Å². The van der Waals surface area contributed by atoms with Crippen molar-refractivity contribution in [1.29, 1.82) is 0 Å². The van der Waals surface area contributed by atoms with Crippen LogP contribution in [0.2, 0.25) is 0 Å². The van der Waals surface area contributed by atoms with Gasteiger partial charge in [-0.2, -0.15) is 0 Å². The van der Waals surface area contributed by atoms with Gasteiger partial charge in [0.05, 0.1) is 11.5 Å². The van der Waals surface area contributed by atoms with Gasteiger partial charge in [0.25, 0.3) is 5.91 Å². The average Bonchev–Trinajstić information content (AvgIpc) is 2.61. The van der Waals surface area contributed by atoms with Crippen LogP contribution in [-0.2, 0) is 23.1 Å². The molecule has 124 valence electrons. The highest BCUT2D eigenvalue weighted by atomic mass is 16.4. The molecule has 2 heterocycles. The summed E-state index contributed by atoms with van der Waals surface area (Å²) in [6, 6.07) is -0.407. The molecule has 0 saturated carbocycles. The highest BCUT2D eigenvalue weighted by Crippen LogP contribution is 2.51. The summed E-state index contributed by atoms with van der Waals surface area (Å²) in [6.07, 6.45) is 2.29. The number of aliphatic carboxylic acids is 1. The second-order valence-electron chi connectivity index (χ2n) is 6.84. The van der Waals surface area contributed by atoms with E-state index in [1.54, 1.807) is 0 Å². The van der Waals surface area contributed by atoms with E-state index in [0.29, 0.717) is 6.42 Å². The molecule has 1 amide bonds. The molecule has 0 radical (unpaired) electrons. The van der Waals surface area contributed by atoms with Crippen molar-refractivity contribution in [2.45, 2.75) is 46.1 Å². The number of aliphatic hydroxyl groups excluding tert-OH is 1. The van der Waals surface area contributed by atoms with E-state index < -0.39 is 28.9 Å². The molecule has 6 heteroatoms. The van der Waals surface area contributed by atoms with Gasteiger partial charge in [0.1, 0.15) is 5.76 Å². The van der Waals surface area contributed by atoms with Crippen LogP contribution in [0.1, 0.15) is 48.3 Å². The first-order chi connectivity index (χ1) is 10.7. The van der Waals surface area contributed by atoms with Crippen LogP contribution in [0.5, 0.6) is 0 Å². The van der Waals surface area contributed by atoms with E-state index in [4.69, 9.17) is 0 Å². The zero-order valence-electron chi connectivity index (χ0n) is 13.9. The Balaban J connectivity index is 2.27. The molecule has 1 aromatic heterocycles. The van der Waals surface area contributed by atoms with Gasteiger partial charge < -0.3 is 20.1 Å². The van der Waals surface area contributed by atoms with E-state index in [0.717, 1.165) is 35.4 Å². The van der Waals surface area contributed by atoms with E-state index >= 15 is 0 Å². The molecule has 3 N–H and O–H groups in total. The lowest BCUT2D eigenvalue weighted by molar-refractivity contribution is -0.136. The molecule has 1 aromatic rings. The number of carboxylic acid groups (broad SMARTS) is 1. The zero-order chi connectivity index (χ0) is 17.1. The Kier molecular flexibility index (Phi) is 3.32. The Morgan fingerprint density at radius 2 is 2.04 bits per heavy atom. The second kappa shape index (κ2) is 4.88. The predicted molar refractivity (Wildman–Crippen MR) is 84.1 cm³/mol. The monoisotopic (exact) mass is 318 g/mol. The fourth-order valence-corrected chi connectivity index (χ4v) is 4.10. The minimum atomic E-state index is -1.38. The Bertz CT molecular complexity index is 759. The number of hydrogen-bond donors (Lipinski definition) is 3. The number of hydrogen-bond acceptors (Lipinski definition) is 3. The van der Waals surface area contributed by atoms with Crippen LogP contribution >= 0.6 is 0 Å². The first kappa shape index (κ1) is 15.6. The molecule has 1 aliphatic carbocycles. The summed E-state index contributed by atoms with van der Waals surface area (Å²) < 4.78 is 2.13. The minimum absolute atomic E-state index is 0.299. The van der Waals surface area contributed by atoms with Gasteiger partial charge in [-0.15, -0.1) is 0 Å². The molecule has 3 rings (SSSR count). The van der Waals surface area contributed by atoms with Crippen LogP contribution in [-0.4, -0.2) is 26.7 Å². The van der Waals surface area contributed by atoms with Crippen molar-refractivity contribution < 1.29 is 19.8 Å². The summed E-state index contributed by atoms with van der Waals surface area (Å²) in [6.45, 7) is 5.89. The largest absolute Gasteiger partial charge is 0.511 e. The number of carbonyl (C=O) groups is 2. The van der Waals surface area contributed by atoms with Crippen LogP contribution in [0.3, 0.4) is 0 Å². The molecule has 2 aliphatic rings. The van der Waals surface area contributed by atoms with Crippen LogP contribution < -0.4 is 5.32 Å². The van der Waals surface area contributed by atoms with Gasteiger partial charge in [0.15, 0.2) is 5.57 Å². The molecule has 0 aromatic carbocycles. The average molecular weight is 318 g/mol. The highest BCUT2D eigenvalue weighted by Gasteiger charge is 2.50. The van der Waals surface area contributed by atoms with Gasteiger partial charge >= 0.3 is 5.97 Å². The maximum atomic E-state index is 12.3. The molecular weight excluding hydrogens is 296 g/mol. The van der Waals surface area contributed by atoms with Gasteiger partial charge in [0, 0.05) is 18.4 Å². The molecular formula is C17H22N2O4. The first-order valence-corrected chi connectivity index (χ1v) is 7.82. The van der Waals surface area contributed by atoms with Crippen molar-refractivity contribution >= 4 is 11.9 Å². The van der Waals surface area contributed by atoms with E-state index in [1.165, 1.54) is 0 Å². The van der Waals surface area contributed by atoms with Crippen LogP contribution in [0.25, 0.3) is 0 Å². The lowest BCUT2D eigenvalue weighted by atomic mass is 9.71. The third-order valence-electron chi connectivity index (χ3n) is 5.70. The van der Waals surface area contributed by atoms with Gasteiger partial charge in [0.2, 0.25) is 0 Å². The fourth-order valence-electron chi connectivity index (χ4n) is 4.10. The SMILES string of the molecule is Cc1c2c(n(C)c1C)CCCC1(C)C(O)=C(C(=O)O)C(=O)NC21. The number of rotatable bonds is 1. The van der Waals surface area contributed by atoms with Crippen LogP contribution in [0.15, 0.2) is 11.3 Å². The van der Waals surface area contributed by atoms with Gasteiger partial charge in [-0.25, -0.2) is 4.79 Å². The van der Waals surface area contributed by atoms with Crippen molar-refractivity contribution in [1.82, 2.24) is 9.88 Å². The molecule has 1 aliphatic heterocycles. The number of aromatic nitrogens is 1. The molecule has 0 bridgehead atoms. The van der Waals surface area contributed by atoms with E-state index in [2.05, 4.69) is 9.88 Å². The Hall–Kier alpha value is -2.24. The third-order valence-corrected chi connectivity index (χ3v) is 5.70. The van der Waals surface area contributed by atoms with Crippen molar-refractivity contribution in [3.05, 3.63) is 33.8 Å². The first-order valence-electron chi connectivity index (χ1n) is 7.82. The number of carboxylic acids is 1. The fraction of sp³-hybridized carbons (Fsp3) is 0.529. The number of carbonyl (C=O) groups excluding carboxylic acids is 1. The van der Waals surface area contributed by atoms with E-state index in [1.807, 2.05) is 27.8 Å². The lowest BCUT2D eigenvalue weighted by Gasteiger charge is -2.40. The number of nitrogens with one attached hydrogen (secondary N) is 1. The van der Waals surface area contributed by atoms with Gasteiger partial charge in [-0.1, -0.05) is 6.92 Å². The summed E-state index contributed by atoms with van der Waals surface area (Å²) in [4.78, 5) is 23.6. The highest BCUT2D eigenvalue weighted by molar-refractivity contribution is 6.17. The summed E-state index contributed by atoms with van der Waals surface area (Å²) in [7, 11) is 2.01. The summed E-state index contributed by atoms with van der Waals surface area (Å²) >= 11 is 0.